The Hall–Kier alpha value is -2.60. The molecule has 0 radical (unpaired) electrons. The molecule has 0 aromatic heterocycles. The Morgan fingerprint density at radius 2 is 2.05 bits per heavy atom. The Kier molecular flexibility index (Phi) is 3.93. The second kappa shape index (κ2) is 6.03. The van der Waals surface area contributed by atoms with E-state index in [1.807, 2.05) is 42.5 Å². The fourth-order valence-electron chi connectivity index (χ4n) is 2.30. The van der Waals surface area contributed by atoms with Crippen LogP contribution in [0.4, 0.5) is 0 Å². The highest BCUT2D eigenvalue weighted by molar-refractivity contribution is 6.67. The molecule has 5 nitrogen and oxygen atoms in total. The maximum atomic E-state index is 11.4. The van der Waals surface area contributed by atoms with E-state index in [9.17, 15) is 9.82 Å². The monoisotopic (exact) mass is 294 g/mol. The van der Waals surface area contributed by atoms with Crippen molar-refractivity contribution in [1.29, 1.82) is 0 Å². The number of hydrogen-bond acceptors (Lipinski definition) is 4. The summed E-state index contributed by atoms with van der Waals surface area (Å²) in [6.45, 7) is 1.81. The van der Waals surface area contributed by atoms with E-state index >= 15 is 0 Å². The first-order valence-corrected chi connectivity index (χ1v) is 6.97. The van der Waals surface area contributed by atoms with Crippen LogP contribution in [0.3, 0.4) is 0 Å². The minimum Gasteiger partial charge on any atom is -0.489 e. The molecule has 1 N–H and O–H groups in total. The molecule has 2 aromatic rings. The minimum atomic E-state index is -1.09. The Morgan fingerprint density at radius 3 is 2.77 bits per heavy atom. The van der Waals surface area contributed by atoms with Gasteiger partial charge in [0.1, 0.15) is 12.4 Å². The number of hydrazone groups is 1. The van der Waals surface area contributed by atoms with Crippen molar-refractivity contribution >= 4 is 24.6 Å². The lowest BCUT2D eigenvalue weighted by atomic mass is 9.69. The van der Waals surface area contributed by atoms with Crippen molar-refractivity contribution in [3.8, 4) is 5.75 Å². The summed E-state index contributed by atoms with van der Waals surface area (Å²) in [6, 6.07) is 15.2. The van der Waals surface area contributed by atoms with E-state index in [4.69, 9.17) is 4.74 Å². The average molecular weight is 294 g/mol. The van der Waals surface area contributed by atoms with Crippen LogP contribution in [0.15, 0.2) is 53.6 Å². The van der Waals surface area contributed by atoms with Gasteiger partial charge >= 0.3 is 7.05 Å². The number of nitrogens with zero attached hydrogens (tertiary/aromatic N) is 2. The zero-order valence-corrected chi connectivity index (χ0v) is 12.1. The van der Waals surface area contributed by atoms with Crippen molar-refractivity contribution in [3.63, 3.8) is 0 Å². The van der Waals surface area contributed by atoms with Crippen LogP contribution in [0, 0.1) is 0 Å². The average Bonchev–Trinajstić information content (AvgIpc) is 2.54. The van der Waals surface area contributed by atoms with Gasteiger partial charge in [0, 0.05) is 6.92 Å². The molecule has 6 heteroatoms. The van der Waals surface area contributed by atoms with Crippen LogP contribution in [0.1, 0.15) is 18.1 Å². The van der Waals surface area contributed by atoms with Crippen molar-refractivity contribution in [2.45, 2.75) is 13.5 Å². The van der Waals surface area contributed by atoms with E-state index in [2.05, 4.69) is 5.10 Å². The number of amides is 1. The number of carbonyl (C=O) groups is 1. The first-order chi connectivity index (χ1) is 10.6. The number of benzene rings is 2. The van der Waals surface area contributed by atoms with Crippen LogP contribution in [-0.2, 0) is 11.4 Å². The van der Waals surface area contributed by atoms with E-state index in [0.29, 0.717) is 17.8 Å². The van der Waals surface area contributed by atoms with Gasteiger partial charge in [0.15, 0.2) is 0 Å². The van der Waals surface area contributed by atoms with Crippen molar-refractivity contribution in [2.75, 3.05) is 0 Å². The fraction of sp³-hybridized carbons (Fsp3) is 0.125. The van der Waals surface area contributed by atoms with Gasteiger partial charge in [0.05, 0.1) is 6.21 Å². The van der Waals surface area contributed by atoms with Gasteiger partial charge in [-0.25, -0.2) is 4.92 Å². The minimum absolute atomic E-state index is 0.315. The number of rotatable bonds is 3. The van der Waals surface area contributed by atoms with Gasteiger partial charge in [-0.3, -0.25) is 4.79 Å². The van der Waals surface area contributed by atoms with Gasteiger partial charge in [-0.1, -0.05) is 36.4 Å². The Bertz CT molecular complexity index is 719. The molecule has 0 bridgehead atoms. The molecule has 2 aromatic carbocycles. The quantitative estimate of drug-likeness (QED) is 0.864. The van der Waals surface area contributed by atoms with Gasteiger partial charge < -0.3 is 9.76 Å². The zero-order valence-electron chi connectivity index (χ0n) is 12.1. The molecule has 0 spiro atoms. The second-order valence-corrected chi connectivity index (χ2v) is 5.05. The molecule has 1 heterocycles. The van der Waals surface area contributed by atoms with Gasteiger partial charge in [-0.05, 0) is 28.7 Å². The Labute approximate surface area is 129 Å². The molecule has 3 rings (SSSR count). The molecule has 1 aliphatic rings. The Balaban J connectivity index is 1.79. The zero-order chi connectivity index (χ0) is 15.5. The van der Waals surface area contributed by atoms with E-state index in [-0.39, 0.29) is 5.91 Å². The van der Waals surface area contributed by atoms with Gasteiger partial charge in [-0.15, -0.1) is 0 Å². The molecular formula is C16H15BN2O3. The third-order valence-corrected chi connectivity index (χ3v) is 3.46. The molecule has 0 fully saturated rings. The van der Waals surface area contributed by atoms with Crippen molar-refractivity contribution in [3.05, 3.63) is 59.7 Å². The summed E-state index contributed by atoms with van der Waals surface area (Å²) in [4.78, 5) is 12.5. The van der Waals surface area contributed by atoms with Crippen molar-refractivity contribution in [2.24, 2.45) is 5.10 Å². The normalized spacial score (nSPS) is 13.0. The summed E-state index contributed by atoms with van der Waals surface area (Å²) >= 11 is 0. The van der Waals surface area contributed by atoms with E-state index in [1.54, 1.807) is 12.3 Å². The third kappa shape index (κ3) is 2.87. The molecule has 0 atom stereocenters. The predicted molar refractivity (Wildman–Crippen MR) is 84.9 cm³/mol. The largest absolute Gasteiger partial charge is 0.489 e. The molecule has 0 aliphatic carbocycles. The molecule has 0 unspecified atom stereocenters. The predicted octanol–water partition coefficient (Wildman–Crippen LogP) is 1.15. The number of carbonyl (C=O) groups excluding carboxylic acids is 1. The smallest absolute Gasteiger partial charge is 0.474 e. The molecule has 110 valence electrons. The molecule has 1 aliphatic heterocycles. The van der Waals surface area contributed by atoms with Crippen LogP contribution >= 0.6 is 0 Å². The van der Waals surface area contributed by atoms with Gasteiger partial charge in [0.25, 0.3) is 0 Å². The van der Waals surface area contributed by atoms with E-state index in [0.717, 1.165) is 16.0 Å². The van der Waals surface area contributed by atoms with Crippen LogP contribution in [0.5, 0.6) is 5.75 Å². The highest BCUT2D eigenvalue weighted by Gasteiger charge is 2.31. The molecule has 0 saturated heterocycles. The maximum absolute atomic E-state index is 11.4. The van der Waals surface area contributed by atoms with Crippen LogP contribution in [0.2, 0.25) is 0 Å². The molecular weight excluding hydrogens is 279 g/mol. The van der Waals surface area contributed by atoms with E-state index < -0.39 is 7.05 Å². The Morgan fingerprint density at radius 1 is 1.27 bits per heavy atom. The molecule has 22 heavy (non-hydrogen) atoms. The lowest BCUT2D eigenvalue weighted by molar-refractivity contribution is -0.125. The summed E-state index contributed by atoms with van der Waals surface area (Å²) < 4.78 is 5.74. The summed E-state index contributed by atoms with van der Waals surface area (Å²) in [5, 5.41) is 14.2. The summed E-state index contributed by atoms with van der Waals surface area (Å²) in [5.74, 6) is 0.325. The summed E-state index contributed by atoms with van der Waals surface area (Å²) in [7, 11) is -1.09. The number of ether oxygens (including phenoxy) is 1. The lowest BCUT2D eigenvalue weighted by Gasteiger charge is -2.24. The first kappa shape index (κ1) is 14.3. The molecule has 0 saturated carbocycles. The van der Waals surface area contributed by atoms with Gasteiger partial charge in [-0.2, -0.15) is 5.10 Å². The second-order valence-electron chi connectivity index (χ2n) is 5.05. The van der Waals surface area contributed by atoms with E-state index in [1.165, 1.54) is 6.92 Å². The van der Waals surface area contributed by atoms with Gasteiger partial charge in [0.2, 0.25) is 5.91 Å². The third-order valence-electron chi connectivity index (χ3n) is 3.46. The highest BCUT2D eigenvalue weighted by atomic mass is 16.5. The number of fused-ring (bicyclic) bond motifs is 1. The van der Waals surface area contributed by atoms with Crippen molar-refractivity contribution < 1.29 is 14.6 Å². The number of hydrogen-bond donors (Lipinski definition) is 1. The fourth-order valence-corrected chi connectivity index (χ4v) is 2.30. The van der Waals surface area contributed by atoms with Crippen LogP contribution < -0.4 is 10.2 Å². The standard InChI is InChI=1S/C16H15BN2O3/c1-12(20)19-17(21)16-9-15(8-7-14(16)10-18-19)22-11-13-5-3-2-4-6-13/h2-10,21H,11H2,1H3. The highest BCUT2D eigenvalue weighted by Crippen LogP contribution is 2.15. The van der Waals surface area contributed by atoms with Crippen molar-refractivity contribution in [1.82, 2.24) is 4.92 Å². The lowest BCUT2D eigenvalue weighted by Crippen LogP contribution is -2.51. The van der Waals surface area contributed by atoms with Crippen LogP contribution in [0.25, 0.3) is 0 Å². The first-order valence-electron chi connectivity index (χ1n) is 6.97. The molecule has 1 amide bonds. The SMILES string of the molecule is CC(=O)N1N=Cc2ccc(OCc3ccccc3)cc2B1O. The summed E-state index contributed by atoms with van der Waals surface area (Å²) in [6.07, 6.45) is 1.56. The van der Waals surface area contributed by atoms with Crippen LogP contribution in [-0.4, -0.2) is 29.1 Å². The summed E-state index contributed by atoms with van der Waals surface area (Å²) in [5.41, 5.74) is 2.44. The maximum Gasteiger partial charge on any atom is 0.474 e. The topological polar surface area (TPSA) is 62.1 Å².